The lowest BCUT2D eigenvalue weighted by Gasteiger charge is -2.45. The summed E-state index contributed by atoms with van der Waals surface area (Å²) in [6.07, 6.45) is 5.48. The highest BCUT2D eigenvalue weighted by Crippen LogP contribution is 2.49. The zero-order valence-corrected chi connectivity index (χ0v) is 14.6. The standard InChI is InChI=1S/C17H23N5S/c1-12-5-16(19-10-18-12)21-14-6-17(7-14)3-4-22(9-17)8-15-13(2)20-11-23-15/h5,10-11,14H,3-4,6-9H2,1-2H3,(H,18,19,21). The van der Waals surface area contributed by atoms with Gasteiger partial charge in [-0.25, -0.2) is 15.0 Å². The molecule has 0 bridgehead atoms. The quantitative estimate of drug-likeness (QED) is 0.934. The second-order valence-corrected chi connectivity index (χ2v) is 8.06. The first kappa shape index (κ1) is 15.0. The first-order valence-corrected chi connectivity index (χ1v) is 9.16. The molecule has 2 aromatic rings. The third kappa shape index (κ3) is 3.10. The molecule has 1 aliphatic carbocycles. The van der Waals surface area contributed by atoms with Crippen molar-refractivity contribution in [2.75, 3.05) is 18.4 Å². The molecule has 23 heavy (non-hydrogen) atoms. The van der Waals surface area contributed by atoms with Gasteiger partial charge in [0.25, 0.3) is 0 Å². The average Bonchev–Trinajstić information content (AvgIpc) is 3.07. The number of likely N-dealkylation sites (tertiary alicyclic amines) is 1. The number of nitrogens with zero attached hydrogens (tertiary/aromatic N) is 4. The number of rotatable bonds is 4. The van der Waals surface area contributed by atoms with Gasteiger partial charge in [0.1, 0.15) is 12.1 Å². The number of aryl methyl sites for hydroxylation is 2. The molecule has 0 unspecified atom stereocenters. The molecular formula is C17H23N5S. The minimum absolute atomic E-state index is 0.526. The zero-order chi connectivity index (χ0) is 15.9. The average molecular weight is 329 g/mol. The molecule has 1 spiro atoms. The Balaban J connectivity index is 1.30. The summed E-state index contributed by atoms with van der Waals surface area (Å²) in [5.41, 5.74) is 4.70. The molecule has 4 rings (SSSR count). The molecule has 0 aromatic carbocycles. The molecule has 2 fully saturated rings. The van der Waals surface area contributed by atoms with Crippen LogP contribution >= 0.6 is 11.3 Å². The Morgan fingerprint density at radius 3 is 2.91 bits per heavy atom. The lowest BCUT2D eigenvalue weighted by molar-refractivity contribution is 0.120. The van der Waals surface area contributed by atoms with E-state index in [1.165, 1.54) is 42.9 Å². The van der Waals surface area contributed by atoms with E-state index in [1.54, 1.807) is 17.7 Å². The summed E-state index contributed by atoms with van der Waals surface area (Å²) in [4.78, 5) is 16.9. The van der Waals surface area contributed by atoms with Crippen LogP contribution in [0.25, 0.3) is 0 Å². The Labute approximate surface area is 141 Å². The first-order chi connectivity index (χ1) is 11.1. The summed E-state index contributed by atoms with van der Waals surface area (Å²) in [5.74, 6) is 0.965. The molecule has 6 heteroatoms. The van der Waals surface area contributed by atoms with Gasteiger partial charge < -0.3 is 5.32 Å². The Hall–Kier alpha value is -1.53. The van der Waals surface area contributed by atoms with Crippen LogP contribution in [0.2, 0.25) is 0 Å². The lowest BCUT2D eigenvalue weighted by atomic mass is 9.65. The fraction of sp³-hybridized carbons (Fsp3) is 0.588. The highest BCUT2D eigenvalue weighted by atomic mass is 32.1. The van der Waals surface area contributed by atoms with Crippen molar-refractivity contribution in [1.82, 2.24) is 19.9 Å². The van der Waals surface area contributed by atoms with Crippen LogP contribution in [0.4, 0.5) is 5.82 Å². The van der Waals surface area contributed by atoms with Gasteiger partial charge in [0.15, 0.2) is 0 Å². The molecule has 122 valence electrons. The Kier molecular flexibility index (Phi) is 3.81. The number of nitrogens with one attached hydrogen (secondary N) is 1. The molecule has 1 saturated heterocycles. The highest BCUT2D eigenvalue weighted by molar-refractivity contribution is 7.09. The molecule has 1 N–H and O–H groups in total. The molecule has 2 aromatic heterocycles. The highest BCUT2D eigenvalue weighted by Gasteiger charge is 2.48. The predicted molar refractivity (Wildman–Crippen MR) is 92.6 cm³/mol. The van der Waals surface area contributed by atoms with Crippen molar-refractivity contribution in [3.63, 3.8) is 0 Å². The molecule has 5 nitrogen and oxygen atoms in total. The molecule has 1 saturated carbocycles. The van der Waals surface area contributed by atoms with Crippen molar-refractivity contribution >= 4 is 17.2 Å². The smallest absolute Gasteiger partial charge is 0.129 e. The van der Waals surface area contributed by atoms with Crippen molar-refractivity contribution in [2.45, 2.75) is 45.7 Å². The van der Waals surface area contributed by atoms with Gasteiger partial charge in [-0.1, -0.05) is 0 Å². The van der Waals surface area contributed by atoms with Gasteiger partial charge in [-0.2, -0.15) is 0 Å². The van der Waals surface area contributed by atoms with Crippen LogP contribution in [0.1, 0.15) is 35.5 Å². The first-order valence-electron chi connectivity index (χ1n) is 8.28. The second kappa shape index (κ2) is 5.83. The summed E-state index contributed by atoms with van der Waals surface area (Å²) in [7, 11) is 0. The molecule has 1 aliphatic heterocycles. The van der Waals surface area contributed by atoms with E-state index in [0.29, 0.717) is 11.5 Å². The molecule has 3 heterocycles. The van der Waals surface area contributed by atoms with Gasteiger partial charge in [0, 0.05) is 35.8 Å². The third-order valence-electron chi connectivity index (χ3n) is 5.24. The number of hydrogen-bond acceptors (Lipinski definition) is 6. The van der Waals surface area contributed by atoms with Crippen LogP contribution in [-0.2, 0) is 6.54 Å². The fourth-order valence-electron chi connectivity index (χ4n) is 4.01. The van der Waals surface area contributed by atoms with Crippen LogP contribution in [0.5, 0.6) is 0 Å². The largest absolute Gasteiger partial charge is 0.367 e. The number of thiazole rings is 1. The van der Waals surface area contributed by atoms with E-state index in [9.17, 15) is 0 Å². The second-order valence-electron chi connectivity index (χ2n) is 7.12. The maximum atomic E-state index is 4.36. The molecule has 0 atom stereocenters. The topological polar surface area (TPSA) is 53.9 Å². The maximum Gasteiger partial charge on any atom is 0.129 e. The Morgan fingerprint density at radius 1 is 1.30 bits per heavy atom. The van der Waals surface area contributed by atoms with E-state index < -0.39 is 0 Å². The summed E-state index contributed by atoms with van der Waals surface area (Å²) in [6.45, 7) is 7.64. The van der Waals surface area contributed by atoms with E-state index in [2.05, 4.69) is 32.1 Å². The van der Waals surface area contributed by atoms with Crippen molar-refractivity contribution in [2.24, 2.45) is 5.41 Å². The van der Waals surface area contributed by atoms with E-state index in [4.69, 9.17) is 0 Å². The SMILES string of the molecule is Cc1cc(NC2CC3(CCN(Cc4scnc4C)C3)C2)ncn1. The van der Waals surface area contributed by atoms with Crippen molar-refractivity contribution in [3.05, 3.63) is 34.2 Å². The van der Waals surface area contributed by atoms with Gasteiger partial charge in [0.05, 0.1) is 11.2 Å². The van der Waals surface area contributed by atoms with Crippen LogP contribution in [0.3, 0.4) is 0 Å². The molecule has 0 amide bonds. The number of aromatic nitrogens is 3. The van der Waals surface area contributed by atoms with Crippen LogP contribution < -0.4 is 5.32 Å². The summed E-state index contributed by atoms with van der Waals surface area (Å²) >= 11 is 1.79. The Bertz CT molecular complexity index is 692. The molecule has 2 aliphatic rings. The summed E-state index contributed by atoms with van der Waals surface area (Å²) in [6, 6.07) is 2.59. The minimum atomic E-state index is 0.526. The minimum Gasteiger partial charge on any atom is -0.367 e. The van der Waals surface area contributed by atoms with Crippen molar-refractivity contribution in [1.29, 1.82) is 0 Å². The predicted octanol–water partition coefficient (Wildman–Crippen LogP) is 3.02. The van der Waals surface area contributed by atoms with E-state index in [1.807, 2.05) is 18.5 Å². The van der Waals surface area contributed by atoms with E-state index >= 15 is 0 Å². The summed E-state index contributed by atoms with van der Waals surface area (Å²) in [5, 5.41) is 3.56. The fourth-order valence-corrected chi connectivity index (χ4v) is 4.83. The van der Waals surface area contributed by atoms with E-state index in [0.717, 1.165) is 18.1 Å². The van der Waals surface area contributed by atoms with Crippen molar-refractivity contribution in [3.8, 4) is 0 Å². The molecular weight excluding hydrogens is 306 g/mol. The maximum absolute atomic E-state index is 4.36. The van der Waals surface area contributed by atoms with Crippen LogP contribution in [0, 0.1) is 19.3 Å². The number of hydrogen-bond donors (Lipinski definition) is 1. The van der Waals surface area contributed by atoms with Gasteiger partial charge in [-0.05, 0) is 45.1 Å². The van der Waals surface area contributed by atoms with Crippen LogP contribution in [0.15, 0.2) is 17.9 Å². The molecule has 0 radical (unpaired) electrons. The van der Waals surface area contributed by atoms with Gasteiger partial charge in [-0.15, -0.1) is 11.3 Å². The van der Waals surface area contributed by atoms with Gasteiger partial charge in [0.2, 0.25) is 0 Å². The van der Waals surface area contributed by atoms with E-state index in [-0.39, 0.29) is 0 Å². The zero-order valence-electron chi connectivity index (χ0n) is 13.7. The van der Waals surface area contributed by atoms with Gasteiger partial charge in [-0.3, -0.25) is 4.90 Å². The van der Waals surface area contributed by atoms with Crippen LogP contribution in [-0.4, -0.2) is 39.0 Å². The normalized spacial score (nSPS) is 27.3. The lowest BCUT2D eigenvalue weighted by Crippen LogP contribution is -2.46. The monoisotopic (exact) mass is 329 g/mol. The van der Waals surface area contributed by atoms with Gasteiger partial charge >= 0.3 is 0 Å². The Morgan fingerprint density at radius 2 is 2.17 bits per heavy atom. The van der Waals surface area contributed by atoms with Crippen molar-refractivity contribution < 1.29 is 0 Å². The summed E-state index contributed by atoms with van der Waals surface area (Å²) < 4.78 is 0. The number of anilines is 1. The third-order valence-corrected chi connectivity index (χ3v) is 6.16.